The summed E-state index contributed by atoms with van der Waals surface area (Å²) in [5.74, 6) is -0.978. The predicted octanol–water partition coefficient (Wildman–Crippen LogP) is 6.76. The highest BCUT2D eigenvalue weighted by Gasteiger charge is 2.65. The lowest BCUT2D eigenvalue weighted by atomic mass is 9.55. The lowest BCUT2D eigenvalue weighted by Crippen LogP contribution is -2.69. The standard InChI is InChI=1S/C39H51FN2O8/c1-5-21-48-39-35(42(3)38(45)46-4)24-33(41-49-6-2)30-22-26(13-9-11-19-43)29(15-10-12-20-44)36(37(30)39)31-23-28(17-18-34(31)50-39)47-25-27-14-7-8-16-32(27)40/h5,7-8,14,16-18,22-23,26,29,35-37,43-44H,1,6,9-13,15,19-21,24-25H2,2-4H3/t26-,29+,35-,36+,37+,39+/m0/s1. The molecule has 0 spiro atoms. The Morgan fingerprint density at radius 2 is 1.90 bits per heavy atom. The average Bonchev–Trinajstić information content (AvgIpc) is 3.13. The molecule has 1 aliphatic heterocycles. The summed E-state index contributed by atoms with van der Waals surface area (Å²) in [6.07, 6.45) is 8.32. The molecule has 5 rings (SSSR count). The number of aliphatic hydroxyl groups is 2. The number of nitrogens with zero attached hydrogens (tertiary/aromatic N) is 2. The van der Waals surface area contributed by atoms with Gasteiger partial charge in [0, 0.05) is 43.7 Å². The number of rotatable bonds is 17. The fourth-order valence-electron chi connectivity index (χ4n) is 8.01. The SMILES string of the molecule is C=CCO[C@@]12Oc3ccc(OCc4ccccc4F)cc3[C@H]3[C@H](CCCCO)[C@@H](CCCCO)C=C(C(=NOCC)C[C@@H]1N(C)C(=O)OC)[C@H]32. The van der Waals surface area contributed by atoms with Crippen molar-refractivity contribution in [3.63, 3.8) is 0 Å². The van der Waals surface area contributed by atoms with Crippen molar-refractivity contribution < 1.29 is 43.2 Å². The molecule has 10 nitrogen and oxygen atoms in total. The number of benzene rings is 2. The number of oxime groups is 1. The maximum absolute atomic E-state index is 14.5. The fraction of sp³-hybridized carbons (Fsp3) is 0.538. The number of amides is 1. The Morgan fingerprint density at radius 1 is 1.14 bits per heavy atom. The zero-order valence-electron chi connectivity index (χ0n) is 29.4. The third kappa shape index (κ3) is 7.70. The van der Waals surface area contributed by atoms with Crippen molar-refractivity contribution in [2.75, 3.05) is 40.6 Å². The van der Waals surface area contributed by atoms with E-state index in [2.05, 4.69) is 17.8 Å². The lowest BCUT2D eigenvalue weighted by molar-refractivity contribution is -0.253. The largest absolute Gasteiger partial charge is 0.489 e. The van der Waals surface area contributed by atoms with Gasteiger partial charge in [-0.3, -0.25) is 0 Å². The Morgan fingerprint density at radius 3 is 2.60 bits per heavy atom. The number of likely N-dealkylation sites (N-methyl/N-ethyl adjacent to an activating group) is 1. The number of hydrogen-bond acceptors (Lipinski definition) is 9. The van der Waals surface area contributed by atoms with E-state index in [0.717, 1.165) is 36.8 Å². The van der Waals surface area contributed by atoms with E-state index < -0.39 is 23.8 Å². The second-order valence-electron chi connectivity index (χ2n) is 13.2. The van der Waals surface area contributed by atoms with Gasteiger partial charge in [0.15, 0.2) is 0 Å². The summed E-state index contributed by atoms with van der Waals surface area (Å²) < 4.78 is 39.7. The first-order chi connectivity index (χ1) is 24.3. The van der Waals surface area contributed by atoms with E-state index in [1.165, 1.54) is 18.1 Å². The summed E-state index contributed by atoms with van der Waals surface area (Å²) in [4.78, 5) is 20.4. The van der Waals surface area contributed by atoms with Crippen LogP contribution >= 0.6 is 0 Å². The predicted molar refractivity (Wildman–Crippen MR) is 187 cm³/mol. The van der Waals surface area contributed by atoms with Gasteiger partial charge < -0.3 is 38.9 Å². The van der Waals surface area contributed by atoms with Gasteiger partial charge in [0.1, 0.15) is 36.6 Å². The molecular weight excluding hydrogens is 643 g/mol. The van der Waals surface area contributed by atoms with Gasteiger partial charge in [-0.25, -0.2) is 9.18 Å². The molecule has 0 radical (unpaired) electrons. The van der Waals surface area contributed by atoms with Crippen LogP contribution < -0.4 is 9.47 Å². The van der Waals surface area contributed by atoms with Crippen LogP contribution in [0.3, 0.4) is 0 Å². The molecule has 1 amide bonds. The van der Waals surface area contributed by atoms with E-state index >= 15 is 0 Å². The molecule has 1 saturated carbocycles. The first-order valence-electron chi connectivity index (χ1n) is 17.7. The summed E-state index contributed by atoms with van der Waals surface area (Å²) in [6, 6.07) is 11.5. The van der Waals surface area contributed by atoms with E-state index in [4.69, 9.17) is 23.8 Å². The highest BCUT2D eigenvalue weighted by atomic mass is 19.1. The molecule has 0 saturated heterocycles. The van der Waals surface area contributed by atoms with Crippen molar-refractivity contribution in [1.82, 2.24) is 4.90 Å². The monoisotopic (exact) mass is 694 g/mol. The smallest absolute Gasteiger partial charge is 0.409 e. The van der Waals surface area contributed by atoms with Crippen molar-refractivity contribution in [2.45, 2.75) is 76.2 Å². The van der Waals surface area contributed by atoms with Crippen molar-refractivity contribution in [1.29, 1.82) is 0 Å². The van der Waals surface area contributed by atoms with E-state index in [1.807, 2.05) is 25.1 Å². The lowest BCUT2D eigenvalue weighted by Gasteiger charge is -2.59. The first-order valence-corrected chi connectivity index (χ1v) is 17.7. The van der Waals surface area contributed by atoms with Crippen molar-refractivity contribution in [3.05, 3.63) is 83.7 Å². The zero-order chi connectivity index (χ0) is 35.7. The van der Waals surface area contributed by atoms with Crippen LogP contribution in [-0.4, -0.2) is 79.3 Å². The summed E-state index contributed by atoms with van der Waals surface area (Å²) in [5.41, 5.74) is 3.02. The maximum atomic E-state index is 14.5. The van der Waals surface area contributed by atoms with Gasteiger partial charge >= 0.3 is 6.09 Å². The van der Waals surface area contributed by atoms with Crippen LogP contribution in [0.15, 0.2) is 71.9 Å². The van der Waals surface area contributed by atoms with Crippen LogP contribution in [0.4, 0.5) is 9.18 Å². The molecule has 1 fully saturated rings. The van der Waals surface area contributed by atoms with Gasteiger partial charge in [0.05, 0.1) is 25.3 Å². The minimum atomic E-state index is -1.35. The maximum Gasteiger partial charge on any atom is 0.409 e. The molecular formula is C39H51FN2O8. The Hall–Kier alpha value is -3.93. The van der Waals surface area contributed by atoms with Crippen LogP contribution in [0.25, 0.3) is 0 Å². The second kappa shape index (κ2) is 17.3. The molecule has 0 aromatic heterocycles. The highest BCUT2D eigenvalue weighted by Crippen LogP contribution is 2.61. The topological polar surface area (TPSA) is 119 Å². The van der Waals surface area contributed by atoms with Gasteiger partial charge in [-0.15, -0.1) is 6.58 Å². The Balaban J connectivity index is 1.72. The van der Waals surface area contributed by atoms with Crippen LogP contribution in [0.5, 0.6) is 11.5 Å². The number of unbranched alkanes of at least 4 members (excludes halogenated alkanes) is 2. The average molecular weight is 695 g/mol. The zero-order valence-corrected chi connectivity index (χ0v) is 29.4. The Kier molecular flexibility index (Phi) is 12.9. The summed E-state index contributed by atoms with van der Waals surface area (Å²) in [7, 11) is 3.02. The molecule has 50 heavy (non-hydrogen) atoms. The number of ether oxygens (including phenoxy) is 4. The van der Waals surface area contributed by atoms with Gasteiger partial charge in [-0.05, 0) is 74.3 Å². The number of halogens is 1. The summed E-state index contributed by atoms with van der Waals surface area (Å²) >= 11 is 0. The number of carbonyl (C=O) groups is 1. The van der Waals surface area contributed by atoms with Crippen LogP contribution in [0, 0.1) is 23.6 Å². The van der Waals surface area contributed by atoms with Gasteiger partial charge in [-0.2, -0.15) is 0 Å². The third-order valence-corrected chi connectivity index (χ3v) is 10.2. The Bertz CT molecular complexity index is 1530. The van der Waals surface area contributed by atoms with Crippen molar-refractivity contribution in [3.8, 4) is 11.5 Å². The fourth-order valence-corrected chi connectivity index (χ4v) is 8.01. The molecule has 1 heterocycles. The molecule has 2 aliphatic carbocycles. The van der Waals surface area contributed by atoms with Crippen molar-refractivity contribution >= 4 is 11.8 Å². The Labute approximate surface area is 294 Å². The number of methoxy groups -OCH3 is 1. The quantitative estimate of drug-likeness (QED) is 0.106. The van der Waals surface area contributed by atoms with Crippen molar-refractivity contribution in [2.24, 2.45) is 22.9 Å². The number of hydrogen-bond donors (Lipinski definition) is 2. The summed E-state index contributed by atoms with van der Waals surface area (Å²) in [6.45, 7) is 6.58. The molecule has 272 valence electrons. The normalized spacial score (nSPS) is 25.8. The summed E-state index contributed by atoms with van der Waals surface area (Å²) in [5, 5.41) is 24.1. The van der Waals surface area contributed by atoms with Crippen LogP contribution in [-0.2, 0) is 20.9 Å². The van der Waals surface area contributed by atoms with Gasteiger partial charge in [0.2, 0.25) is 5.79 Å². The van der Waals surface area contributed by atoms with Crippen LogP contribution in [0.2, 0.25) is 0 Å². The van der Waals surface area contributed by atoms with E-state index in [1.54, 1.807) is 31.3 Å². The molecule has 3 aliphatic rings. The molecule has 11 heteroatoms. The minimum Gasteiger partial charge on any atom is -0.489 e. The molecule has 2 N–H and O–H groups in total. The molecule has 2 aromatic rings. The highest BCUT2D eigenvalue weighted by molar-refractivity contribution is 6.02. The van der Waals surface area contributed by atoms with E-state index in [-0.39, 0.29) is 56.4 Å². The molecule has 6 atom stereocenters. The van der Waals surface area contributed by atoms with E-state index in [0.29, 0.717) is 42.2 Å². The van der Waals surface area contributed by atoms with Crippen LogP contribution in [0.1, 0.15) is 68.9 Å². The number of allylic oxidation sites excluding steroid dienone is 1. The number of fused-ring (bicyclic) bond motifs is 2. The molecule has 2 aromatic carbocycles. The van der Waals surface area contributed by atoms with Gasteiger partial charge in [-0.1, -0.05) is 48.3 Å². The number of carbonyl (C=O) groups excluding carboxylic acids is 1. The van der Waals surface area contributed by atoms with Gasteiger partial charge in [0.25, 0.3) is 0 Å². The molecule has 0 bridgehead atoms. The molecule has 0 unspecified atom stereocenters. The first kappa shape index (κ1) is 37.3. The van der Waals surface area contributed by atoms with E-state index in [9.17, 15) is 19.4 Å². The second-order valence-corrected chi connectivity index (χ2v) is 13.2. The number of aliphatic hydroxyl groups excluding tert-OH is 2. The third-order valence-electron chi connectivity index (χ3n) is 10.2. The minimum absolute atomic E-state index is 0.0544.